The van der Waals surface area contributed by atoms with E-state index < -0.39 is 0 Å². The maximum Gasteiger partial charge on any atom is 0.192 e. The van der Waals surface area contributed by atoms with Gasteiger partial charge in [0.05, 0.1) is 23.3 Å². The molecule has 0 bridgehead atoms. The number of nitrogens with two attached hydrogens (primary N) is 1. The first kappa shape index (κ1) is 14.3. The molecule has 2 heterocycles. The van der Waals surface area contributed by atoms with E-state index in [0.29, 0.717) is 5.96 Å². The van der Waals surface area contributed by atoms with E-state index in [1.165, 1.54) is 0 Å². The van der Waals surface area contributed by atoms with Crippen LogP contribution >= 0.6 is 11.3 Å². The Morgan fingerprint density at radius 3 is 2.79 bits per heavy atom. The molecule has 0 aromatic carbocycles. The van der Waals surface area contributed by atoms with Crippen molar-refractivity contribution in [1.29, 1.82) is 0 Å². The molecule has 1 atom stereocenters. The molecule has 0 spiro atoms. The molecule has 5 nitrogen and oxygen atoms in total. The zero-order valence-electron chi connectivity index (χ0n) is 12.0. The molecule has 2 rings (SSSR count). The minimum atomic E-state index is 0.223. The summed E-state index contributed by atoms with van der Waals surface area (Å²) in [7, 11) is 0. The fraction of sp³-hybridized carbons (Fsp3) is 0.692. The van der Waals surface area contributed by atoms with Crippen molar-refractivity contribution >= 4 is 17.3 Å². The van der Waals surface area contributed by atoms with Crippen molar-refractivity contribution in [2.45, 2.75) is 26.8 Å². The van der Waals surface area contributed by atoms with Crippen LogP contribution in [0.1, 0.15) is 30.6 Å². The molecule has 6 heteroatoms. The number of rotatable bonds is 6. The predicted molar refractivity (Wildman–Crippen MR) is 80.6 cm³/mol. The molecule has 1 aliphatic heterocycles. The molecule has 1 aromatic heterocycles. The molecule has 0 fully saturated rings. The molecule has 19 heavy (non-hydrogen) atoms. The van der Waals surface area contributed by atoms with E-state index in [2.05, 4.69) is 39.0 Å². The smallest absolute Gasteiger partial charge is 0.192 e. The molecule has 1 unspecified atom stereocenters. The fourth-order valence-corrected chi connectivity index (χ4v) is 3.03. The monoisotopic (exact) mass is 281 g/mol. The standard InChI is InChI=1S/C13H23N5S/c1-4-17(5-2)6-7-18-12(8-15-13(18)14)11-9-19-10(3)16-11/h9,12H,4-8H2,1-3H3,(H2,14,15). The lowest BCUT2D eigenvalue weighted by molar-refractivity contribution is 0.247. The molecule has 0 saturated heterocycles. The molecule has 0 saturated carbocycles. The molecule has 0 radical (unpaired) electrons. The second-order valence-corrected chi connectivity index (χ2v) is 5.79. The zero-order valence-corrected chi connectivity index (χ0v) is 12.8. The van der Waals surface area contributed by atoms with Gasteiger partial charge in [0, 0.05) is 18.5 Å². The van der Waals surface area contributed by atoms with E-state index >= 15 is 0 Å². The van der Waals surface area contributed by atoms with Gasteiger partial charge < -0.3 is 15.5 Å². The number of nitrogens with zero attached hydrogens (tertiary/aromatic N) is 4. The van der Waals surface area contributed by atoms with Gasteiger partial charge in [-0.2, -0.15) is 0 Å². The number of hydrogen-bond acceptors (Lipinski definition) is 6. The first-order valence-corrected chi connectivity index (χ1v) is 7.74. The summed E-state index contributed by atoms with van der Waals surface area (Å²) in [5, 5.41) is 3.22. The predicted octanol–water partition coefficient (Wildman–Crippen LogP) is 1.46. The van der Waals surface area contributed by atoms with Gasteiger partial charge >= 0.3 is 0 Å². The van der Waals surface area contributed by atoms with Crippen molar-refractivity contribution in [3.8, 4) is 0 Å². The van der Waals surface area contributed by atoms with Crippen molar-refractivity contribution in [2.75, 3.05) is 32.7 Å². The second-order valence-electron chi connectivity index (χ2n) is 4.73. The molecule has 106 valence electrons. The van der Waals surface area contributed by atoms with Crippen LogP contribution in [-0.4, -0.2) is 53.5 Å². The average molecular weight is 281 g/mol. The van der Waals surface area contributed by atoms with Crippen LogP contribution in [-0.2, 0) is 0 Å². The fourth-order valence-electron chi connectivity index (χ4n) is 2.37. The normalized spacial score (nSPS) is 19.3. The van der Waals surface area contributed by atoms with Gasteiger partial charge in [0.1, 0.15) is 0 Å². The lowest BCUT2D eigenvalue weighted by Crippen LogP contribution is -2.41. The van der Waals surface area contributed by atoms with E-state index in [4.69, 9.17) is 5.73 Å². The Morgan fingerprint density at radius 2 is 2.21 bits per heavy atom. The van der Waals surface area contributed by atoms with Crippen molar-refractivity contribution in [3.05, 3.63) is 16.1 Å². The molecule has 1 aliphatic rings. The molecular formula is C13H23N5S. The lowest BCUT2D eigenvalue weighted by Gasteiger charge is -2.28. The number of hydrogen-bond donors (Lipinski definition) is 1. The highest BCUT2D eigenvalue weighted by atomic mass is 32.1. The van der Waals surface area contributed by atoms with Crippen LogP contribution in [0.15, 0.2) is 10.4 Å². The van der Waals surface area contributed by atoms with Gasteiger partial charge in [0.15, 0.2) is 5.96 Å². The summed E-state index contributed by atoms with van der Waals surface area (Å²) in [6.45, 7) is 11.2. The Morgan fingerprint density at radius 1 is 1.47 bits per heavy atom. The summed E-state index contributed by atoms with van der Waals surface area (Å²) in [4.78, 5) is 13.5. The molecular weight excluding hydrogens is 258 g/mol. The van der Waals surface area contributed by atoms with E-state index in [9.17, 15) is 0 Å². The number of guanidine groups is 1. The van der Waals surface area contributed by atoms with Crippen molar-refractivity contribution in [3.63, 3.8) is 0 Å². The quantitative estimate of drug-likeness (QED) is 0.858. The van der Waals surface area contributed by atoms with E-state index in [-0.39, 0.29) is 6.04 Å². The Labute approximate surface area is 119 Å². The first-order valence-electron chi connectivity index (χ1n) is 6.86. The van der Waals surface area contributed by atoms with Crippen LogP contribution in [0, 0.1) is 6.92 Å². The SMILES string of the molecule is CCN(CC)CCN1C(N)=NCC1c1csc(C)n1. The Kier molecular flexibility index (Phi) is 4.76. The van der Waals surface area contributed by atoms with Gasteiger partial charge in [0.25, 0.3) is 0 Å². The summed E-state index contributed by atoms with van der Waals surface area (Å²) in [6.07, 6.45) is 0. The van der Waals surface area contributed by atoms with E-state index in [1.807, 2.05) is 6.92 Å². The van der Waals surface area contributed by atoms with Crippen molar-refractivity contribution in [2.24, 2.45) is 10.7 Å². The maximum absolute atomic E-state index is 6.02. The number of aliphatic imine (C=N–C) groups is 1. The molecule has 0 aliphatic carbocycles. The molecule has 2 N–H and O–H groups in total. The van der Waals surface area contributed by atoms with Crippen LogP contribution in [0.5, 0.6) is 0 Å². The topological polar surface area (TPSA) is 57.8 Å². The molecule has 1 aromatic rings. The van der Waals surface area contributed by atoms with Crippen LogP contribution in [0.3, 0.4) is 0 Å². The Balaban J connectivity index is 2.01. The van der Waals surface area contributed by atoms with Gasteiger partial charge in [-0.3, -0.25) is 4.99 Å². The van der Waals surface area contributed by atoms with Crippen molar-refractivity contribution in [1.82, 2.24) is 14.8 Å². The first-order chi connectivity index (χ1) is 9.15. The Hall–Kier alpha value is -1.14. The molecule has 0 amide bonds. The summed E-state index contributed by atoms with van der Waals surface area (Å²) in [6, 6.07) is 0.223. The maximum atomic E-state index is 6.02. The summed E-state index contributed by atoms with van der Waals surface area (Å²) < 4.78 is 0. The van der Waals surface area contributed by atoms with Crippen LogP contribution in [0.4, 0.5) is 0 Å². The second kappa shape index (κ2) is 6.34. The van der Waals surface area contributed by atoms with Gasteiger partial charge in [-0.25, -0.2) is 4.98 Å². The summed E-state index contributed by atoms with van der Waals surface area (Å²) >= 11 is 1.69. The summed E-state index contributed by atoms with van der Waals surface area (Å²) in [5.41, 5.74) is 7.12. The minimum Gasteiger partial charge on any atom is -0.370 e. The Bertz CT molecular complexity index is 438. The number of aryl methyl sites for hydroxylation is 1. The zero-order chi connectivity index (χ0) is 13.8. The largest absolute Gasteiger partial charge is 0.370 e. The van der Waals surface area contributed by atoms with Gasteiger partial charge in [-0.05, 0) is 20.0 Å². The van der Waals surface area contributed by atoms with Gasteiger partial charge in [0.2, 0.25) is 0 Å². The lowest BCUT2D eigenvalue weighted by atomic mass is 10.2. The van der Waals surface area contributed by atoms with Crippen LogP contribution in [0.25, 0.3) is 0 Å². The van der Waals surface area contributed by atoms with E-state index in [0.717, 1.165) is 43.4 Å². The third-order valence-corrected chi connectivity index (χ3v) is 4.42. The summed E-state index contributed by atoms with van der Waals surface area (Å²) in [5.74, 6) is 0.655. The third kappa shape index (κ3) is 3.25. The number of thiazole rings is 1. The van der Waals surface area contributed by atoms with Crippen LogP contribution in [0.2, 0.25) is 0 Å². The highest BCUT2D eigenvalue weighted by Crippen LogP contribution is 2.26. The highest BCUT2D eigenvalue weighted by Gasteiger charge is 2.29. The van der Waals surface area contributed by atoms with Gasteiger partial charge in [-0.15, -0.1) is 11.3 Å². The van der Waals surface area contributed by atoms with Gasteiger partial charge in [-0.1, -0.05) is 13.8 Å². The third-order valence-electron chi connectivity index (χ3n) is 3.63. The van der Waals surface area contributed by atoms with Crippen LogP contribution < -0.4 is 5.73 Å². The minimum absolute atomic E-state index is 0.223. The highest BCUT2D eigenvalue weighted by molar-refractivity contribution is 7.09. The number of aromatic nitrogens is 1. The van der Waals surface area contributed by atoms with Crippen molar-refractivity contribution < 1.29 is 0 Å². The number of likely N-dealkylation sites (N-methyl/N-ethyl adjacent to an activating group) is 1. The average Bonchev–Trinajstić information content (AvgIpc) is 2.98. The van der Waals surface area contributed by atoms with E-state index in [1.54, 1.807) is 11.3 Å².